The molecule has 0 amide bonds. The van der Waals surface area contributed by atoms with E-state index in [-0.39, 0.29) is 0 Å². The summed E-state index contributed by atoms with van der Waals surface area (Å²) in [7, 11) is 0. The monoisotopic (exact) mass is 404 g/mol. The summed E-state index contributed by atoms with van der Waals surface area (Å²) in [5, 5.41) is 0. The van der Waals surface area contributed by atoms with Crippen LogP contribution in [-0.2, 0) is 0 Å². The first-order valence-electron chi connectivity index (χ1n) is 3.84. The molecule has 0 radical (unpaired) electrons. The molecule has 0 bridgehead atoms. The molecule has 0 spiro atoms. The number of hydrogen-bond acceptors (Lipinski definition) is 0. The first-order chi connectivity index (χ1) is 8.39. The van der Waals surface area contributed by atoms with Crippen molar-refractivity contribution >= 4 is 46.4 Å². The first-order valence-corrected chi connectivity index (χ1v) is 5.47. The van der Waals surface area contributed by atoms with Gasteiger partial charge in [0, 0.05) is 0 Å². The van der Waals surface area contributed by atoms with Crippen LogP contribution in [0, 0.1) is 0 Å². The van der Waals surface area contributed by atoms with Crippen molar-refractivity contribution in [2.75, 3.05) is 0 Å². The van der Waals surface area contributed by atoms with Crippen molar-refractivity contribution in [1.82, 2.24) is 0 Å². The summed E-state index contributed by atoms with van der Waals surface area (Å²) in [5.74, 6) is -10.1. The molecule has 0 N–H and O–H groups in total. The van der Waals surface area contributed by atoms with Gasteiger partial charge in [-0.1, -0.05) is 46.4 Å². The first kappa shape index (κ1) is 22.7. The minimum absolute atomic E-state index is 2.76. The van der Waals surface area contributed by atoms with E-state index in [4.69, 9.17) is 0 Å². The van der Waals surface area contributed by atoms with Crippen molar-refractivity contribution in [3.05, 3.63) is 0 Å². The smallest absolute Gasteiger partial charge is 0.203 e. The van der Waals surface area contributed by atoms with Crippen LogP contribution in [0.5, 0.6) is 0 Å². The molecule has 0 unspecified atom stereocenters. The van der Waals surface area contributed by atoms with E-state index in [0.717, 1.165) is 0 Å². The Morgan fingerprint density at radius 1 is 0.650 bits per heavy atom. The fraction of sp³-hybridized carbons (Fsp3) is 1.00. The van der Waals surface area contributed by atoms with Crippen molar-refractivity contribution in [2.24, 2.45) is 0 Å². The molecule has 0 atom stereocenters. The van der Waals surface area contributed by atoms with Crippen LogP contribution in [0.2, 0.25) is 0 Å². The van der Waals surface area contributed by atoms with Gasteiger partial charge in [0.25, 0.3) is 0 Å². The quantitative estimate of drug-likeness (QED) is 0.400. The van der Waals surface area contributed by atoms with Crippen molar-refractivity contribution in [3.63, 3.8) is 0 Å². The molecule has 0 aromatic rings. The van der Waals surface area contributed by atoms with E-state index in [2.05, 4.69) is 46.4 Å². The van der Waals surface area contributed by atoms with Crippen LogP contribution >= 0.6 is 46.4 Å². The molecule has 0 saturated heterocycles. The van der Waals surface area contributed by atoms with Crippen molar-refractivity contribution in [1.29, 1.82) is 0 Å². The van der Waals surface area contributed by atoms with Gasteiger partial charge < -0.3 is 0 Å². The van der Waals surface area contributed by atoms with Crippen LogP contribution in [0.15, 0.2) is 0 Å². The van der Waals surface area contributed by atoms with Crippen LogP contribution in [0.3, 0.4) is 0 Å². The third kappa shape index (κ3) is 6.07. The van der Waals surface area contributed by atoms with Gasteiger partial charge in [0.1, 0.15) is 0 Å². The molecule has 14 heteroatoms. The van der Waals surface area contributed by atoms with Crippen LogP contribution < -0.4 is 0 Å². The van der Waals surface area contributed by atoms with Crippen LogP contribution in [-0.4, -0.2) is 33.9 Å². The predicted molar refractivity (Wildman–Crippen MR) is 53.0 cm³/mol. The topological polar surface area (TPSA) is 0 Å². The number of hydrogen-bond donors (Lipinski definition) is 0. The highest BCUT2D eigenvalue weighted by atomic mass is 35.5. The second-order valence-corrected chi connectivity index (χ2v) is 5.17. The maximum atomic E-state index is 11.7. The van der Waals surface area contributed by atoms with Crippen LogP contribution in [0.25, 0.3) is 0 Å². The van der Waals surface area contributed by atoms with Crippen molar-refractivity contribution in [3.8, 4) is 0 Å². The standard InChI is InChI=1S/2C3HCl2F5/c4-3(5,10)2(8,9)1(6)7;4-1(5)2(6,7)3(8,9)10/h2*1H. The molecule has 0 nitrogen and oxygen atoms in total. The number of halogens is 14. The van der Waals surface area contributed by atoms with Gasteiger partial charge in [0.2, 0.25) is 0 Å². The third-order valence-corrected chi connectivity index (χ3v) is 2.36. The highest BCUT2D eigenvalue weighted by Gasteiger charge is 2.62. The summed E-state index contributed by atoms with van der Waals surface area (Å²) < 4.78 is 110. The summed E-state index contributed by atoms with van der Waals surface area (Å²) in [6.07, 6.45) is -9.89. The predicted octanol–water partition coefficient (Wildman–Crippen LogP) is 5.98. The lowest BCUT2D eigenvalue weighted by Gasteiger charge is -2.20. The fourth-order valence-electron chi connectivity index (χ4n) is 0.247. The Balaban J connectivity index is 0. The Morgan fingerprint density at radius 3 is 0.950 bits per heavy atom. The molecule has 0 aliphatic heterocycles. The molecule has 0 aliphatic carbocycles. The summed E-state index contributed by atoms with van der Waals surface area (Å²) in [5.41, 5.74) is 0. The van der Waals surface area contributed by atoms with E-state index in [1.165, 1.54) is 0 Å². The molecule has 0 aromatic heterocycles. The van der Waals surface area contributed by atoms with E-state index in [9.17, 15) is 43.9 Å². The molecular formula is C6H2Cl4F10. The molecule has 0 heterocycles. The average Bonchev–Trinajstić information content (AvgIpc) is 2.14. The molecule has 0 aromatic carbocycles. The average molecular weight is 406 g/mol. The fourth-order valence-corrected chi connectivity index (χ4v) is 0.660. The second-order valence-electron chi connectivity index (χ2n) is 2.84. The van der Waals surface area contributed by atoms with Gasteiger partial charge in [0.05, 0.1) is 0 Å². The van der Waals surface area contributed by atoms with Gasteiger partial charge in [-0.15, -0.1) is 0 Å². The molecular weight excluding hydrogens is 404 g/mol. The van der Waals surface area contributed by atoms with Gasteiger partial charge in [-0.2, -0.15) is 30.7 Å². The Hall–Kier alpha value is 0.460. The number of alkyl halides is 14. The molecule has 0 saturated carbocycles. The van der Waals surface area contributed by atoms with Gasteiger partial charge in [-0.3, -0.25) is 0 Å². The third-order valence-electron chi connectivity index (χ3n) is 1.30. The largest absolute Gasteiger partial charge is 0.456 e. The molecule has 0 aliphatic rings. The Kier molecular flexibility index (Phi) is 8.13. The Morgan fingerprint density at radius 2 is 0.950 bits per heavy atom. The molecule has 0 rings (SSSR count). The van der Waals surface area contributed by atoms with E-state index in [0.29, 0.717) is 0 Å². The lowest BCUT2D eigenvalue weighted by Crippen LogP contribution is -2.41. The van der Waals surface area contributed by atoms with E-state index < -0.39 is 33.9 Å². The van der Waals surface area contributed by atoms with Crippen LogP contribution in [0.4, 0.5) is 43.9 Å². The lowest BCUT2D eigenvalue weighted by atomic mass is 10.4. The summed E-state index contributed by atoms with van der Waals surface area (Å²) in [6.45, 7) is 0. The zero-order valence-electron chi connectivity index (χ0n) is 8.45. The lowest BCUT2D eigenvalue weighted by molar-refractivity contribution is -0.275. The van der Waals surface area contributed by atoms with Crippen molar-refractivity contribution < 1.29 is 43.9 Å². The van der Waals surface area contributed by atoms with Crippen LogP contribution in [0.1, 0.15) is 0 Å². The summed E-state index contributed by atoms with van der Waals surface area (Å²) in [4.78, 5) is -2.76. The van der Waals surface area contributed by atoms with Gasteiger partial charge in [-0.25, -0.2) is 13.2 Å². The molecule has 124 valence electrons. The maximum Gasteiger partial charge on any atom is 0.456 e. The highest BCUT2D eigenvalue weighted by molar-refractivity contribution is 6.47. The summed E-state index contributed by atoms with van der Waals surface area (Å²) >= 11 is 16.9. The molecule has 20 heavy (non-hydrogen) atoms. The zero-order valence-corrected chi connectivity index (χ0v) is 11.5. The SMILES string of the molecule is FC(F)(F)C(F)(F)C(Cl)Cl.FC(F)C(F)(F)C(F)(Cl)Cl. The second kappa shape index (κ2) is 7.15. The van der Waals surface area contributed by atoms with E-state index >= 15 is 0 Å². The zero-order chi connectivity index (χ0) is 17.2. The highest BCUT2D eigenvalue weighted by Crippen LogP contribution is 2.43. The minimum atomic E-state index is -5.68. The van der Waals surface area contributed by atoms with Gasteiger partial charge >= 0.3 is 29.0 Å². The number of rotatable bonds is 3. The van der Waals surface area contributed by atoms with E-state index in [1.807, 2.05) is 0 Å². The van der Waals surface area contributed by atoms with E-state index in [1.54, 1.807) is 0 Å². The van der Waals surface area contributed by atoms with Crippen molar-refractivity contribution in [2.45, 2.75) is 33.9 Å². The van der Waals surface area contributed by atoms with Gasteiger partial charge in [0.15, 0.2) is 4.84 Å². The summed E-state index contributed by atoms with van der Waals surface area (Å²) in [6, 6.07) is 0. The maximum absolute atomic E-state index is 11.7. The Bertz CT molecular complexity index is 263. The normalized spacial score (nSPS) is 14.4. The minimum Gasteiger partial charge on any atom is -0.203 e. The van der Waals surface area contributed by atoms with Gasteiger partial charge in [-0.05, 0) is 0 Å². The Labute approximate surface area is 124 Å². The molecule has 0 fully saturated rings.